The molecule has 0 saturated carbocycles. The number of benzene rings is 2. The van der Waals surface area contributed by atoms with Crippen LogP contribution in [0.3, 0.4) is 0 Å². The molecule has 0 saturated heterocycles. The van der Waals surface area contributed by atoms with Crippen molar-refractivity contribution in [3.8, 4) is 11.1 Å². The maximum atomic E-state index is 11.5. The Kier molecular flexibility index (Phi) is 2.44. The van der Waals surface area contributed by atoms with Gasteiger partial charge in [0.05, 0.1) is 12.1 Å². The summed E-state index contributed by atoms with van der Waals surface area (Å²) in [5.41, 5.74) is 6.80. The Morgan fingerprint density at radius 1 is 1.00 bits per heavy atom. The van der Waals surface area contributed by atoms with Crippen molar-refractivity contribution in [1.29, 1.82) is 0 Å². The molecule has 1 aliphatic rings. The quantitative estimate of drug-likeness (QED) is 0.808. The zero-order chi connectivity index (χ0) is 12.7. The average Bonchev–Trinajstić information content (AvgIpc) is 2.69. The summed E-state index contributed by atoms with van der Waals surface area (Å²) in [6, 6.07) is 12.6. The Hall–Kier alpha value is -2.09. The molecule has 1 heterocycles. The molecule has 2 nitrogen and oxygen atoms in total. The van der Waals surface area contributed by atoms with E-state index in [1.54, 1.807) is 0 Å². The Labute approximate surface area is 107 Å². The van der Waals surface area contributed by atoms with Crippen LogP contribution < -0.4 is 5.32 Å². The van der Waals surface area contributed by atoms with E-state index in [0.717, 1.165) is 22.4 Å². The number of carbonyl (C=O) groups is 1. The van der Waals surface area contributed by atoms with Gasteiger partial charge in [-0.2, -0.15) is 0 Å². The van der Waals surface area contributed by atoms with Crippen molar-refractivity contribution >= 4 is 11.6 Å². The third-order valence-corrected chi connectivity index (χ3v) is 3.34. The first-order valence-electron chi connectivity index (χ1n) is 6.14. The third kappa shape index (κ3) is 1.80. The van der Waals surface area contributed by atoms with Crippen LogP contribution in [0.2, 0.25) is 0 Å². The monoisotopic (exact) mass is 237 g/mol. The van der Waals surface area contributed by atoms with Gasteiger partial charge in [0, 0.05) is 5.56 Å². The van der Waals surface area contributed by atoms with Gasteiger partial charge in [-0.25, -0.2) is 0 Å². The van der Waals surface area contributed by atoms with Gasteiger partial charge in [0.25, 0.3) is 0 Å². The minimum absolute atomic E-state index is 0.0870. The molecule has 0 atom stereocenters. The third-order valence-electron chi connectivity index (χ3n) is 3.34. The lowest BCUT2D eigenvalue weighted by Crippen LogP contribution is -2.04. The second kappa shape index (κ2) is 3.98. The van der Waals surface area contributed by atoms with Crippen molar-refractivity contribution in [3.05, 3.63) is 53.1 Å². The van der Waals surface area contributed by atoms with Crippen LogP contribution in [-0.4, -0.2) is 5.91 Å². The van der Waals surface area contributed by atoms with Gasteiger partial charge in [-0.1, -0.05) is 41.5 Å². The van der Waals surface area contributed by atoms with Crippen molar-refractivity contribution in [2.45, 2.75) is 20.3 Å². The summed E-state index contributed by atoms with van der Waals surface area (Å²) in [7, 11) is 0. The highest BCUT2D eigenvalue weighted by Gasteiger charge is 2.21. The molecule has 2 heteroatoms. The van der Waals surface area contributed by atoms with Crippen molar-refractivity contribution in [3.63, 3.8) is 0 Å². The molecule has 2 aromatic carbocycles. The molecule has 1 amide bonds. The molecular formula is C16H15NO. The largest absolute Gasteiger partial charge is 0.325 e. The maximum Gasteiger partial charge on any atom is 0.228 e. The summed E-state index contributed by atoms with van der Waals surface area (Å²) in [4.78, 5) is 11.5. The molecule has 0 radical (unpaired) electrons. The fraction of sp³-hybridized carbons (Fsp3) is 0.188. The van der Waals surface area contributed by atoms with Crippen LogP contribution in [0.5, 0.6) is 0 Å². The Balaban J connectivity index is 2.18. The lowest BCUT2D eigenvalue weighted by molar-refractivity contribution is -0.115. The van der Waals surface area contributed by atoms with Gasteiger partial charge < -0.3 is 5.32 Å². The van der Waals surface area contributed by atoms with E-state index >= 15 is 0 Å². The zero-order valence-corrected chi connectivity index (χ0v) is 10.6. The number of hydrogen-bond acceptors (Lipinski definition) is 1. The Morgan fingerprint density at radius 2 is 1.72 bits per heavy atom. The zero-order valence-electron chi connectivity index (χ0n) is 10.6. The van der Waals surface area contributed by atoms with Gasteiger partial charge >= 0.3 is 0 Å². The summed E-state index contributed by atoms with van der Waals surface area (Å²) < 4.78 is 0. The molecule has 3 rings (SSSR count). The van der Waals surface area contributed by atoms with E-state index in [4.69, 9.17) is 0 Å². The summed E-state index contributed by atoms with van der Waals surface area (Å²) in [6.45, 7) is 4.15. The van der Waals surface area contributed by atoms with Gasteiger partial charge in [0.15, 0.2) is 0 Å². The number of fused-ring (bicyclic) bond motifs is 1. The van der Waals surface area contributed by atoms with Crippen LogP contribution in [0.15, 0.2) is 36.4 Å². The van der Waals surface area contributed by atoms with Crippen LogP contribution in [0.4, 0.5) is 5.69 Å². The number of rotatable bonds is 1. The lowest BCUT2D eigenvalue weighted by Gasteiger charge is -2.10. The predicted molar refractivity (Wildman–Crippen MR) is 73.7 cm³/mol. The van der Waals surface area contributed by atoms with E-state index in [1.165, 1.54) is 11.1 Å². The molecule has 1 N–H and O–H groups in total. The first-order valence-corrected chi connectivity index (χ1v) is 6.14. The van der Waals surface area contributed by atoms with Gasteiger partial charge in [0.2, 0.25) is 5.91 Å². The minimum Gasteiger partial charge on any atom is -0.325 e. The van der Waals surface area contributed by atoms with Crippen LogP contribution in [0.25, 0.3) is 11.1 Å². The van der Waals surface area contributed by atoms with Crippen molar-refractivity contribution < 1.29 is 4.79 Å². The van der Waals surface area contributed by atoms with Crippen molar-refractivity contribution in [1.82, 2.24) is 0 Å². The molecule has 18 heavy (non-hydrogen) atoms. The van der Waals surface area contributed by atoms with E-state index in [0.29, 0.717) is 6.42 Å². The molecule has 0 aromatic heterocycles. The number of amides is 1. The van der Waals surface area contributed by atoms with Crippen LogP contribution >= 0.6 is 0 Å². The fourth-order valence-corrected chi connectivity index (χ4v) is 2.47. The number of nitrogens with one attached hydrogen (secondary N) is 1. The van der Waals surface area contributed by atoms with Crippen molar-refractivity contribution in [2.24, 2.45) is 0 Å². The fourth-order valence-electron chi connectivity index (χ4n) is 2.47. The molecule has 0 spiro atoms. The molecular weight excluding hydrogens is 222 g/mol. The summed E-state index contributed by atoms with van der Waals surface area (Å²) in [5, 5.41) is 2.97. The van der Waals surface area contributed by atoms with Gasteiger partial charge in [-0.05, 0) is 31.0 Å². The number of anilines is 1. The first kappa shape index (κ1) is 11.0. The smallest absolute Gasteiger partial charge is 0.228 e. The van der Waals surface area contributed by atoms with E-state index < -0.39 is 0 Å². The van der Waals surface area contributed by atoms with Crippen molar-refractivity contribution in [2.75, 3.05) is 5.32 Å². The Bertz CT molecular complexity index is 626. The summed E-state index contributed by atoms with van der Waals surface area (Å²) >= 11 is 0. The normalized spacial score (nSPS) is 13.3. The highest BCUT2D eigenvalue weighted by molar-refractivity contribution is 6.04. The Morgan fingerprint density at radius 3 is 2.44 bits per heavy atom. The topological polar surface area (TPSA) is 29.1 Å². The second-order valence-corrected chi connectivity index (χ2v) is 4.94. The standard InChI is InChI=1S/C16H15NO/c1-10-3-5-12(6-4-10)14-8-11(2)7-13-9-15(18)17-16(13)14/h3-8H,9H2,1-2H3,(H,17,18). The maximum absolute atomic E-state index is 11.5. The van der Waals surface area contributed by atoms with Gasteiger partial charge in [0.1, 0.15) is 0 Å². The molecule has 90 valence electrons. The molecule has 0 fully saturated rings. The highest BCUT2D eigenvalue weighted by atomic mass is 16.1. The molecule has 0 unspecified atom stereocenters. The van der Waals surface area contributed by atoms with Crippen LogP contribution in [0, 0.1) is 13.8 Å². The summed E-state index contributed by atoms with van der Waals surface area (Å²) in [6.07, 6.45) is 0.496. The second-order valence-electron chi connectivity index (χ2n) is 4.94. The van der Waals surface area contributed by atoms with Crippen LogP contribution in [-0.2, 0) is 11.2 Å². The minimum atomic E-state index is 0.0870. The average molecular weight is 237 g/mol. The van der Waals surface area contributed by atoms with Gasteiger partial charge in [-0.15, -0.1) is 0 Å². The molecule has 1 aliphatic heterocycles. The molecule has 2 aromatic rings. The van der Waals surface area contributed by atoms with E-state index in [2.05, 4.69) is 55.6 Å². The number of hydrogen-bond donors (Lipinski definition) is 1. The predicted octanol–water partition coefficient (Wildman–Crippen LogP) is 3.47. The molecule has 0 aliphatic carbocycles. The highest BCUT2D eigenvalue weighted by Crippen LogP contribution is 2.36. The van der Waals surface area contributed by atoms with Crippen LogP contribution in [0.1, 0.15) is 16.7 Å². The molecule has 0 bridgehead atoms. The number of aryl methyl sites for hydroxylation is 2. The lowest BCUT2D eigenvalue weighted by atomic mass is 9.97. The van der Waals surface area contributed by atoms with Gasteiger partial charge in [-0.3, -0.25) is 4.79 Å². The van der Waals surface area contributed by atoms with E-state index in [1.807, 2.05) is 0 Å². The number of carbonyl (C=O) groups excluding carboxylic acids is 1. The first-order chi connectivity index (χ1) is 8.63. The van der Waals surface area contributed by atoms with E-state index in [9.17, 15) is 4.79 Å². The summed E-state index contributed by atoms with van der Waals surface area (Å²) in [5.74, 6) is 0.0870. The SMILES string of the molecule is Cc1ccc(-c2cc(C)cc3c2NC(=O)C3)cc1. The van der Waals surface area contributed by atoms with E-state index in [-0.39, 0.29) is 5.91 Å².